The number of benzene rings is 1. The number of amides is 2. The highest BCUT2D eigenvalue weighted by molar-refractivity contribution is 6.35. The van der Waals surface area contributed by atoms with Gasteiger partial charge in [0.05, 0.1) is 0 Å². The second-order valence-corrected chi connectivity index (χ2v) is 6.20. The average molecular weight is 442 g/mol. The molecule has 1 aromatic rings. The van der Waals surface area contributed by atoms with E-state index >= 15 is 0 Å². The topological polar surface area (TPSA) is 242 Å². The smallest absolute Gasteiger partial charge is 0.320 e. The molecule has 1 saturated heterocycles. The van der Waals surface area contributed by atoms with Crippen molar-refractivity contribution in [3.05, 3.63) is 29.8 Å². The summed E-state index contributed by atoms with van der Waals surface area (Å²) in [5, 5.41) is 38.5. The molecule has 0 spiro atoms. The van der Waals surface area contributed by atoms with E-state index < -0.39 is 41.8 Å². The summed E-state index contributed by atoms with van der Waals surface area (Å²) in [7, 11) is 0. The van der Waals surface area contributed by atoms with Crippen LogP contribution in [0.2, 0.25) is 0 Å². The third-order valence-electron chi connectivity index (χ3n) is 3.60. The Labute approximate surface area is 177 Å². The third kappa shape index (κ3) is 13.2. The van der Waals surface area contributed by atoms with E-state index in [1.807, 2.05) is 0 Å². The van der Waals surface area contributed by atoms with Gasteiger partial charge in [-0.15, -0.1) is 0 Å². The van der Waals surface area contributed by atoms with Crippen LogP contribution in [0.1, 0.15) is 18.4 Å². The van der Waals surface area contributed by atoms with Crippen LogP contribution in [0.4, 0.5) is 0 Å². The van der Waals surface area contributed by atoms with Gasteiger partial charge in [-0.3, -0.25) is 24.0 Å². The van der Waals surface area contributed by atoms with Crippen molar-refractivity contribution in [2.45, 2.75) is 31.3 Å². The summed E-state index contributed by atoms with van der Waals surface area (Å²) in [4.78, 5) is 50.8. The third-order valence-corrected chi connectivity index (χ3v) is 3.60. The summed E-state index contributed by atoms with van der Waals surface area (Å²) < 4.78 is 0. The fourth-order valence-electron chi connectivity index (χ4n) is 1.89. The van der Waals surface area contributed by atoms with Gasteiger partial charge in [-0.2, -0.15) is 0 Å². The highest BCUT2D eigenvalue weighted by Crippen LogP contribution is 2.10. The van der Waals surface area contributed by atoms with Gasteiger partial charge in [0.2, 0.25) is 0 Å². The van der Waals surface area contributed by atoms with E-state index in [0.717, 1.165) is 5.56 Å². The predicted molar refractivity (Wildman–Crippen MR) is 106 cm³/mol. The predicted octanol–water partition coefficient (Wildman–Crippen LogP) is -2.16. The molecular weight excluding hydrogens is 416 g/mol. The number of aliphatic carboxylic acids is 3. The van der Waals surface area contributed by atoms with Gasteiger partial charge < -0.3 is 42.5 Å². The fourth-order valence-corrected chi connectivity index (χ4v) is 1.89. The minimum Gasteiger partial charge on any atom is -0.508 e. The Hall–Kier alpha value is -3.71. The molecule has 31 heavy (non-hydrogen) atoms. The Morgan fingerprint density at radius 3 is 1.68 bits per heavy atom. The number of aromatic hydroxyl groups is 1. The summed E-state index contributed by atoms with van der Waals surface area (Å²) in [6, 6.07) is 4.37. The second-order valence-electron chi connectivity index (χ2n) is 6.20. The monoisotopic (exact) mass is 442 g/mol. The van der Waals surface area contributed by atoms with Crippen LogP contribution in [-0.2, 0) is 30.4 Å². The molecule has 1 aromatic carbocycles. The first-order chi connectivity index (χ1) is 14.4. The minimum atomic E-state index is -1.17. The van der Waals surface area contributed by atoms with Gasteiger partial charge in [0, 0.05) is 19.5 Å². The number of phenols is 1. The van der Waals surface area contributed by atoms with Crippen molar-refractivity contribution in [3.63, 3.8) is 0 Å². The minimum absolute atomic E-state index is 0.0231. The van der Waals surface area contributed by atoms with Gasteiger partial charge in [-0.1, -0.05) is 12.1 Å². The lowest BCUT2D eigenvalue weighted by molar-refractivity contribution is -0.140. The van der Waals surface area contributed by atoms with E-state index in [4.69, 9.17) is 31.9 Å². The second kappa shape index (κ2) is 14.3. The number of carbonyl (C=O) groups excluding carboxylic acids is 2. The average Bonchev–Trinajstić information content (AvgIpc) is 2.71. The summed E-state index contributed by atoms with van der Waals surface area (Å²) >= 11 is 0. The molecule has 1 aliphatic rings. The molecule has 1 fully saturated rings. The number of carbonyl (C=O) groups is 5. The van der Waals surface area contributed by atoms with Gasteiger partial charge in [-0.25, -0.2) is 0 Å². The zero-order valence-electron chi connectivity index (χ0n) is 16.5. The molecule has 2 amide bonds. The van der Waals surface area contributed by atoms with Crippen molar-refractivity contribution in [1.82, 2.24) is 10.6 Å². The van der Waals surface area contributed by atoms with Gasteiger partial charge in [0.25, 0.3) is 0 Å². The molecule has 0 saturated carbocycles. The molecule has 13 nitrogen and oxygen atoms in total. The van der Waals surface area contributed by atoms with Crippen LogP contribution in [0, 0.1) is 0 Å². The van der Waals surface area contributed by atoms with E-state index in [1.165, 1.54) is 12.1 Å². The van der Waals surface area contributed by atoms with Crippen molar-refractivity contribution in [3.8, 4) is 5.75 Å². The summed E-state index contributed by atoms with van der Waals surface area (Å²) in [5.74, 6) is -4.12. The molecule has 1 heterocycles. The molecule has 0 aromatic heterocycles. The Bertz CT molecular complexity index is 752. The van der Waals surface area contributed by atoms with Crippen LogP contribution in [0.25, 0.3) is 0 Å². The molecule has 1 aliphatic heterocycles. The first kappa shape index (κ1) is 27.3. The maximum absolute atomic E-state index is 10.4. The number of hydrogen-bond acceptors (Lipinski definition) is 8. The van der Waals surface area contributed by atoms with E-state index in [9.17, 15) is 24.0 Å². The Morgan fingerprint density at radius 1 is 0.871 bits per heavy atom. The quantitative estimate of drug-likeness (QED) is 0.211. The van der Waals surface area contributed by atoms with Crippen molar-refractivity contribution < 1.29 is 44.4 Å². The molecule has 2 rings (SSSR count). The molecule has 13 heteroatoms. The van der Waals surface area contributed by atoms with Crippen LogP contribution in [0.5, 0.6) is 5.75 Å². The Kier molecular flexibility index (Phi) is 12.6. The summed E-state index contributed by atoms with van der Waals surface area (Å²) in [5.41, 5.74) is 11.1. The highest BCUT2D eigenvalue weighted by Gasteiger charge is 2.15. The lowest BCUT2D eigenvalue weighted by Crippen LogP contribution is -2.49. The van der Waals surface area contributed by atoms with Crippen molar-refractivity contribution in [1.29, 1.82) is 0 Å². The Balaban J connectivity index is 0.000000450. The van der Waals surface area contributed by atoms with Crippen LogP contribution in [0.3, 0.4) is 0 Å². The zero-order valence-corrected chi connectivity index (χ0v) is 16.5. The van der Waals surface area contributed by atoms with Crippen LogP contribution < -0.4 is 22.1 Å². The largest absolute Gasteiger partial charge is 0.508 e. The van der Waals surface area contributed by atoms with Crippen LogP contribution in [-0.4, -0.2) is 75.3 Å². The van der Waals surface area contributed by atoms with Gasteiger partial charge >= 0.3 is 29.7 Å². The highest BCUT2D eigenvalue weighted by atomic mass is 16.4. The van der Waals surface area contributed by atoms with E-state index in [-0.39, 0.29) is 25.0 Å². The van der Waals surface area contributed by atoms with E-state index in [2.05, 4.69) is 10.6 Å². The zero-order chi connectivity index (χ0) is 24.0. The van der Waals surface area contributed by atoms with Crippen LogP contribution >= 0.6 is 0 Å². The lowest BCUT2D eigenvalue weighted by atomic mass is 10.1. The standard InChI is InChI=1S/C9H11NO3.C5H9NO4.C4H6N2O2/c10-8(9(12)13)5-6-1-3-7(11)4-2-6;6-3(5(9)10)1-2-4(7)8;7-3-4(8)6-2-1-5-3/h1-4,8,11H,5,10H2,(H,12,13);3H,1-2,6H2,(H,7,8)(H,9,10);1-2H2,(H,5,7)(H,6,8)/t8-;3-;/m00./s1. The van der Waals surface area contributed by atoms with Crippen molar-refractivity contribution in [2.75, 3.05) is 13.1 Å². The van der Waals surface area contributed by atoms with Crippen molar-refractivity contribution in [2.24, 2.45) is 11.5 Å². The maximum Gasteiger partial charge on any atom is 0.320 e. The summed E-state index contributed by atoms with van der Waals surface area (Å²) in [6.45, 7) is 1.09. The molecule has 172 valence electrons. The molecule has 0 bridgehead atoms. The van der Waals surface area contributed by atoms with Crippen LogP contribution in [0.15, 0.2) is 24.3 Å². The number of carboxylic acid groups (broad SMARTS) is 3. The van der Waals surface area contributed by atoms with Gasteiger partial charge in [0.1, 0.15) is 17.8 Å². The fraction of sp³-hybridized carbons (Fsp3) is 0.389. The van der Waals surface area contributed by atoms with E-state index in [1.54, 1.807) is 12.1 Å². The van der Waals surface area contributed by atoms with Crippen molar-refractivity contribution >= 4 is 29.7 Å². The number of hydrogen-bond donors (Lipinski definition) is 8. The Morgan fingerprint density at radius 2 is 1.32 bits per heavy atom. The first-order valence-corrected chi connectivity index (χ1v) is 8.96. The number of nitrogens with one attached hydrogen (secondary N) is 2. The SMILES string of the molecule is N[C@@H](CCC(=O)O)C(=O)O.N[C@@H](Cc1ccc(O)cc1)C(=O)O.O=C1NCCNC1=O. The molecule has 2 atom stereocenters. The van der Waals surface area contributed by atoms with Gasteiger partial charge in [-0.05, 0) is 30.5 Å². The maximum atomic E-state index is 10.4. The molecule has 0 unspecified atom stereocenters. The summed E-state index contributed by atoms with van der Waals surface area (Å²) in [6.07, 6.45) is 0.0494. The number of piperazine rings is 1. The van der Waals surface area contributed by atoms with Gasteiger partial charge in [0.15, 0.2) is 0 Å². The molecule has 0 radical (unpaired) electrons. The molecule has 10 N–H and O–H groups in total. The number of rotatable bonds is 7. The number of phenolic OH excluding ortho intramolecular Hbond substituents is 1. The normalized spacial score (nSPS) is 14.3. The number of carboxylic acids is 3. The first-order valence-electron chi connectivity index (χ1n) is 8.96. The van der Waals surface area contributed by atoms with E-state index in [0.29, 0.717) is 13.1 Å². The number of nitrogens with two attached hydrogens (primary N) is 2. The molecule has 0 aliphatic carbocycles. The lowest BCUT2D eigenvalue weighted by Gasteiger charge is -2.10. The molecular formula is C18H26N4O9.